The smallest absolute Gasteiger partial charge is 0.183 e. The molecule has 0 aromatic heterocycles. The van der Waals surface area contributed by atoms with Crippen molar-refractivity contribution < 1.29 is 21.2 Å². The normalized spacial score (nSPS) is 25.4. The monoisotopic (exact) mass is 452 g/mol. The van der Waals surface area contributed by atoms with Crippen LogP contribution in [0.5, 0.6) is 0 Å². The highest BCUT2D eigenvalue weighted by Gasteiger charge is 2.48. The van der Waals surface area contributed by atoms with Crippen LogP contribution in [0.25, 0.3) is 0 Å². The molecule has 2 fully saturated rings. The van der Waals surface area contributed by atoms with Gasteiger partial charge in [0, 0.05) is 38.8 Å². The summed E-state index contributed by atoms with van der Waals surface area (Å²) in [6.07, 6.45) is 0. The molecule has 2 aromatic rings. The van der Waals surface area contributed by atoms with Crippen LogP contribution in [0, 0.1) is 5.82 Å². The third kappa shape index (κ3) is 4.59. The largest absolute Gasteiger partial charge is 0.297 e. The average Bonchev–Trinajstić information content (AvgIpc) is 3.06. The van der Waals surface area contributed by atoms with Gasteiger partial charge in [0.1, 0.15) is 5.82 Å². The van der Waals surface area contributed by atoms with E-state index in [9.17, 15) is 21.2 Å². The van der Waals surface area contributed by atoms with Crippen LogP contribution in [0.4, 0.5) is 4.39 Å². The van der Waals surface area contributed by atoms with Crippen molar-refractivity contribution in [1.82, 2.24) is 9.80 Å². The fraction of sp³-hybridized carbons (Fsp3) is 0.429. The van der Waals surface area contributed by atoms with Gasteiger partial charge in [-0.2, -0.15) is 0 Å². The van der Waals surface area contributed by atoms with Crippen molar-refractivity contribution in [1.29, 1.82) is 0 Å². The number of piperazine rings is 1. The molecule has 0 bridgehead atoms. The first-order valence-corrected chi connectivity index (χ1v) is 13.3. The van der Waals surface area contributed by atoms with E-state index in [1.807, 2.05) is 23.1 Å². The van der Waals surface area contributed by atoms with Crippen molar-refractivity contribution in [3.8, 4) is 0 Å². The minimum Gasteiger partial charge on any atom is -0.297 e. The Hall–Kier alpha value is -1.81. The second-order valence-corrected chi connectivity index (χ2v) is 12.3. The summed E-state index contributed by atoms with van der Waals surface area (Å²) in [6, 6.07) is 14.1. The number of hydrogen-bond donors (Lipinski definition) is 0. The molecule has 6 nitrogen and oxygen atoms in total. The fourth-order valence-corrected chi connectivity index (χ4v) is 9.16. The Balaban J connectivity index is 1.49. The SMILES string of the molecule is O=S1(=O)C[C@H](N2CCN(Cc3ccccc3)CC2)[C@@H](S(=O)(=O)c2ccc(F)cc2)C1. The molecule has 9 heteroatoms. The molecule has 0 saturated carbocycles. The predicted molar refractivity (Wildman–Crippen MR) is 113 cm³/mol. The lowest BCUT2D eigenvalue weighted by Gasteiger charge is -2.39. The van der Waals surface area contributed by atoms with E-state index < -0.39 is 36.8 Å². The van der Waals surface area contributed by atoms with Gasteiger partial charge in [0.05, 0.1) is 21.7 Å². The first-order chi connectivity index (χ1) is 14.2. The Labute approximate surface area is 177 Å². The number of nitrogens with zero attached hydrogens (tertiary/aromatic N) is 2. The Bertz CT molecular complexity index is 1080. The Morgan fingerprint density at radius 1 is 0.900 bits per heavy atom. The molecular weight excluding hydrogens is 427 g/mol. The first kappa shape index (κ1) is 21.4. The van der Waals surface area contributed by atoms with Gasteiger partial charge < -0.3 is 0 Å². The first-order valence-electron chi connectivity index (χ1n) is 9.95. The van der Waals surface area contributed by atoms with Crippen molar-refractivity contribution >= 4 is 19.7 Å². The van der Waals surface area contributed by atoms with Gasteiger partial charge in [-0.3, -0.25) is 9.80 Å². The van der Waals surface area contributed by atoms with Gasteiger partial charge in [-0.15, -0.1) is 0 Å². The molecule has 162 valence electrons. The quantitative estimate of drug-likeness (QED) is 0.642. The van der Waals surface area contributed by atoms with E-state index in [0.717, 1.165) is 31.8 Å². The van der Waals surface area contributed by atoms with E-state index in [-0.39, 0.29) is 16.4 Å². The summed E-state index contributed by atoms with van der Waals surface area (Å²) in [5.41, 5.74) is 1.21. The van der Waals surface area contributed by atoms with Crippen LogP contribution < -0.4 is 0 Å². The van der Waals surface area contributed by atoms with E-state index in [0.29, 0.717) is 13.1 Å². The summed E-state index contributed by atoms with van der Waals surface area (Å²) >= 11 is 0. The number of rotatable bonds is 5. The zero-order chi connectivity index (χ0) is 21.4. The highest BCUT2D eigenvalue weighted by atomic mass is 32.2. The number of hydrogen-bond acceptors (Lipinski definition) is 6. The maximum Gasteiger partial charge on any atom is 0.183 e. The lowest BCUT2D eigenvalue weighted by atomic mass is 10.1. The van der Waals surface area contributed by atoms with E-state index in [2.05, 4.69) is 17.0 Å². The van der Waals surface area contributed by atoms with Crippen LogP contribution in [0.2, 0.25) is 0 Å². The highest BCUT2D eigenvalue weighted by Crippen LogP contribution is 2.30. The maximum atomic E-state index is 13.2. The zero-order valence-electron chi connectivity index (χ0n) is 16.5. The van der Waals surface area contributed by atoms with Crippen LogP contribution in [-0.2, 0) is 26.2 Å². The van der Waals surface area contributed by atoms with Crippen LogP contribution >= 0.6 is 0 Å². The van der Waals surface area contributed by atoms with E-state index >= 15 is 0 Å². The van der Waals surface area contributed by atoms with Crippen molar-refractivity contribution in [3.05, 3.63) is 66.0 Å². The van der Waals surface area contributed by atoms with Gasteiger partial charge in [-0.25, -0.2) is 21.2 Å². The summed E-state index contributed by atoms with van der Waals surface area (Å²) in [6.45, 7) is 3.53. The summed E-state index contributed by atoms with van der Waals surface area (Å²) in [5, 5.41) is -1.03. The molecule has 2 atom stereocenters. The molecule has 0 radical (unpaired) electrons. The Morgan fingerprint density at radius 2 is 1.53 bits per heavy atom. The molecule has 2 aliphatic heterocycles. The molecule has 0 N–H and O–H groups in total. The van der Waals surface area contributed by atoms with Crippen LogP contribution in [0.1, 0.15) is 5.56 Å². The molecule has 4 rings (SSSR count). The van der Waals surface area contributed by atoms with E-state index in [4.69, 9.17) is 0 Å². The minimum atomic E-state index is -3.89. The molecule has 30 heavy (non-hydrogen) atoms. The van der Waals surface area contributed by atoms with Gasteiger partial charge in [0.2, 0.25) is 0 Å². The minimum absolute atomic E-state index is 0.0290. The molecule has 0 aliphatic carbocycles. The molecule has 0 amide bonds. The van der Waals surface area contributed by atoms with Crippen LogP contribution in [-0.4, -0.2) is 75.6 Å². The van der Waals surface area contributed by atoms with Crippen molar-refractivity contribution in [2.45, 2.75) is 22.7 Å². The third-order valence-corrected chi connectivity index (χ3v) is 10.1. The van der Waals surface area contributed by atoms with Gasteiger partial charge >= 0.3 is 0 Å². The van der Waals surface area contributed by atoms with Crippen molar-refractivity contribution in [3.63, 3.8) is 0 Å². The van der Waals surface area contributed by atoms with Crippen molar-refractivity contribution in [2.24, 2.45) is 0 Å². The third-order valence-electron chi connectivity index (χ3n) is 5.94. The van der Waals surface area contributed by atoms with Gasteiger partial charge in [-0.05, 0) is 29.8 Å². The number of sulfone groups is 2. The van der Waals surface area contributed by atoms with E-state index in [1.54, 1.807) is 0 Å². The summed E-state index contributed by atoms with van der Waals surface area (Å²) < 4.78 is 64.3. The van der Waals surface area contributed by atoms with Crippen LogP contribution in [0.15, 0.2) is 59.5 Å². The van der Waals surface area contributed by atoms with Crippen molar-refractivity contribution in [2.75, 3.05) is 37.7 Å². The maximum absolute atomic E-state index is 13.2. The van der Waals surface area contributed by atoms with Gasteiger partial charge in [0.25, 0.3) is 0 Å². The molecule has 2 aliphatic rings. The van der Waals surface area contributed by atoms with Gasteiger partial charge in [-0.1, -0.05) is 30.3 Å². The molecular formula is C21H25FN2O4S2. The zero-order valence-corrected chi connectivity index (χ0v) is 18.2. The molecule has 2 heterocycles. The lowest BCUT2D eigenvalue weighted by molar-refractivity contribution is 0.101. The van der Waals surface area contributed by atoms with Crippen LogP contribution in [0.3, 0.4) is 0 Å². The summed E-state index contributed by atoms with van der Waals surface area (Å²) in [4.78, 5) is 4.26. The molecule has 0 unspecified atom stereocenters. The average molecular weight is 453 g/mol. The lowest BCUT2D eigenvalue weighted by Crippen LogP contribution is -2.54. The Morgan fingerprint density at radius 3 is 2.17 bits per heavy atom. The molecule has 0 spiro atoms. The predicted octanol–water partition coefficient (Wildman–Crippen LogP) is 1.58. The van der Waals surface area contributed by atoms with Gasteiger partial charge in [0.15, 0.2) is 19.7 Å². The molecule has 2 saturated heterocycles. The second kappa shape index (κ2) is 8.37. The second-order valence-electron chi connectivity index (χ2n) is 7.98. The summed E-state index contributed by atoms with van der Waals surface area (Å²) in [5.74, 6) is -1.07. The Kier molecular flexibility index (Phi) is 5.98. The summed E-state index contributed by atoms with van der Waals surface area (Å²) in [7, 11) is -7.35. The van der Waals surface area contributed by atoms with E-state index in [1.165, 1.54) is 17.7 Å². The number of halogens is 1. The standard InChI is InChI=1S/C21H25FN2O4S2/c22-18-6-8-19(9-7-18)30(27,28)21-16-29(25,26)15-20(21)24-12-10-23(11-13-24)14-17-4-2-1-3-5-17/h1-9,20-21H,10-16H2/t20-,21-/m0/s1. The molecule has 2 aromatic carbocycles. The number of benzene rings is 2. The topological polar surface area (TPSA) is 74.8 Å². The highest BCUT2D eigenvalue weighted by molar-refractivity contribution is 7.96. The fourth-order valence-electron chi connectivity index (χ4n) is 4.33.